The van der Waals surface area contributed by atoms with Gasteiger partial charge in [-0.25, -0.2) is 0 Å². The van der Waals surface area contributed by atoms with Gasteiger partial charge in [-0.2, -0.15) is 4.99 Å². The van der Waals surface area contributed by atoms with E-state index >= 15 is 0 Å². The molecule has 0 unspecified atom stereocenters. The topological polar surface area (TPSA) is 102 Å². The molecule has 6 nitrogen and oxygen atoms in total. The molecule has 1 aromatic rings. The summed E-state index contributed by atoms with van der Waals surface area (Å²) in [7, 11) is 1.62. The van der Waals surface area contributed by atoms with Gasteiger partial charge in [0.15, 0.2) is 5.96 Å². The monoisotopic (exact) mass is 223 g/mol. The lowest BCUT2D eigenvalue weighted by Crippen LogP contribution is -2.30. The van der Waals surface area contributed by atoms with Crippen LogP contribution in [0, 0.1) is 6.92 Å². The molecule has 0 aliphatic rings. The highest BCUT2D eigenvalue weighted by Crippen LogP contribution is 2.08. The molecule has 0 bridgehead atoms. The maximum Gasteiger partial charge on any atom is 0.220 e. The van der Waals surface area contributed by atoms with Crippen molar-refractivity contribution in [3.63, 3.8) is 0 Å². The Morgan fingerprint density at radius 3 is 2.75 bits per heavy atom. The fourth-order valence-electron chi connectivity index (χ4n) is 1.27. The fourth-order valence-corrected chi connectivity index (χ4v) is 1.27. The van der Waals surface area contributed by atoms with Gasteiger partial charge in [0, 0.05) is 13.6 Å². The molecule has 5 N–H and O–H groups in total. The minimum Gasteiger partial charge on any atom is -0.469 e. The van der Waals surface area contributed by atoms with E-state index in [1.807, 2.05) is 13.0 Å². The zero-order chi connectivity index (χ0) is 12.0. The lowest BCUT2D eigenvalue weighted by atomic mass is 10.2. The molecule has 88 valence electrons. The summed E-state index contributed by atoms with van der Waals surface area (Å²) >= 11 is 0. The standard InChI is InChI=1S/C10H17N5O/c1-7-8(4-6-16-7)3-5-14-10(13-2)15-9(11)12/h4,6H,3,5H2,1-2H3,(H5,11,12,13,14,15). The quantitative estimate of drug-likeness (QED) is 0.495. The van der Waals surface area contributed by atoms with Crippen LogP contribution in [0.1, 0.15) is 11.3 Å². The molecule has 0 amide bonds. The third-order valence-electron chi connectivity index (χ3n) is 2.09. The molecule has 0 aromatic carbocycles. The molecule has 1 heterocycles. The summed E-state index contributed by atoms with van der Waals surface area (Å²) in [6.07, 6.45) is 2.51. The molecule has 0 saturated carbocycles. The molecule has 1 aromatic heterocycles. The normalized spacial score (nSPS) is 11.2. The smallest absolute Gasteiger partial charge is 0.220 e. The number of guanidine groups is 2. The summed E-state index contributed by atoms with van der Waals surface area (Å²) in [5.74, 6) is 1.35. The highest BCUT2D eigenvalue weighted by atomic mass is 16.3. The zero-order valence-electron chi connectivity index (χ0n) is 9.53. The van der Waals surface area contributed by atoms with E-state index in [0.29, 0.717) is 12.5 Å². The summed E-state index contributed by atoms with van der Waals surface area (Å²) in [6, 6.07) is 1.94. The molecule has 0 spiro atoms. The molecule has 0 aliphatic carbocycles. The third-order valence-corrected chi connectivity index (χ3v) is 2.09. The second-order valence-corrected chi connectivity index (χ2v) is 3.26. The van der Waals surface area contributed by atoms with Gasteiger partial charge >= 0.3 is 0 Å². The van der Waals surface area contributed by atoms with E-state index in [2.05, 4.69) is 15.3 Å². The van der Waals surface area contributed by atoms with E-state index in [-0.39, 0.29) is 5.96 Å². The number of rotatable bonds is 3. The lowest BCUT2D eigenvalue weighted by molar-refractivity contribution is 0.529. The van der Waals surface area contributed by atoms with Crippen molar-refractivity contribution in [1.29, 1.82) is 0 Å². The molecule has 0 radical (unpaired) electrons. The van der Waals surface area contributed by atoms with Gasteiger partial charge in [0.2, 0.25) is 5.96 Å². The Balaban J connectivity index is 2.41. The van der Waals surface area contributed by atoms with Crippen molar-refractivity contribution in [3.8, 4) is 0 Å². The minimum absolute atomic E-state index is 0.00686. The number of aryl methyl sites for hydroxylation is 1. The van der Waals surface area contributed by atoms with Crippen molar-refractivity contribution in [3.05, 3.63) is 23.7 Å². The first kappa shape index (κ1) is 12.1. The second kappa shape index (κ2) is 5.79. The molecule has 16 heavy (non-hydrogen) atoms. The van der Waals surface area contributed by atoms with Gasteiger partial charge in [0.05, 0.1) is 6.26 Å². The van der Waals surface area contributed by atoms with Gasteiger partial charge in [0.25, 0.3) is 0 Å². The molecule has 1 rings (SSSR count). The Morgan fingerprint density at radius 2 is 2.25 bits per heavy atom. The van der Waals surface area contributed by atoms with E-state index in [1.54, 1.807) is 13.3 Å². The van der Waals surface area contributed by atoms with E-state index in [0.717, 1.165) is 17.7 Å². The van der Waals surface area contributed by atoms with E-state index in [4.69, 9.17) is 15.9 Å². The van der Waals surface area contributed by atoms with Crippen molar-refractivity contribution in [2.24, 2.45) is 21.5 Å². The number of furan rings is 1. The molecular weight excluding hydrogens is 206 g/mol. The summed E-state index contributed by atoms with van der Waals surface area (Å²) < 4.78 is 5.19. The van der Waals surface area contributed by atoms with Crippen molar-refractivity contribution >= 4 is 11.9 Å². The summed E-state index contributed by atoms with van der Waals surface area (Å²) in [5.41, 5.74) is 11.7. The van der Waals surface area contributed by atoms with Gasteiger partial charge in [-0.05, 0) is 25.0 Å². The van der Waals surface area contributed by atoms with Crippen LogP contribution in [0.5, 0.6) is 0 Å². The number of hydrogen-bond acceptors (Lipinski definition) is 2. The van der Waals surface area contributed by atoms with Crippen LogP contribution in [0.3, 0.4) is 0 Å². The Labute approximate surface area is 94.4 Å². The van der Waals surface area contributed by atoms with Crippen molar-refractivity contribution in [1.82, 2.24) is 5.32 Å². The van der Waals surface area contributed by atoms with Gasteiger partial charge in [0.1, 0.15) is 5.76 Å². The predicted molar refractivity (Wildman–Crippen MR) is 64.3 cm³/mol. The lowest BCUT2D eigenvalue weighted by Gasteiger charge is -2.04. The van der Waals surface area contributed by atoms with Crippen LogP contribution in [0.15, 0.2) is 26.7 Å². The molecular formula is C10H17N5O. The summed E-state index contributed by atoms with van der Waals surface area (Å²) in [4.78, 5) is 7.73. The summed E-state index contributed by atoms with van der Waals surface area (Å²) in [6.45, 7) is 2.63. The van der Waals surface area contributed by atoms with Gasteiger partial charge in [-0.3, -0.25) is 4.99 Å². The Bertz CT molecular complexity index is 390. The highest BCUT2D eigenvalue weighted by molar-refractivity contribution is 5.93. The number of hydrogen-bond donors (Lipinski definition) is 3. The van der Waals surface area contributed by atoms with Gasteiger partial charge < -0.3 is 21.2 Å². The van der Waals surface area contributed by atoms with Crippen LogP contribution in [0.2, 0.25) is 0 Å². The van der Waals surface area contributed by atoms with Gasteiger partial charge in [-0.1, -0.05) is 0 Å². The maximum absolute atomic E-state index is 5.25. The minimum atomic E-state index is -0.00686. The van der Waals surface area contributed by atoms with Crippen LogP contribution < -0.4 is 16.8 Å². The van der Waals surface area contributed by atoms with Crippen LogP contribution >= 0.6 is 0 Å². The number of aliphatic imine (C=N–C) groups is 2. The largest absolute Gasteiger partial charge is 0.469 e. The SMILES string of the molecule is CN=C(N=C(N)N)NCCc1ccoc1C. The van der Waals surface area contributed by atoms with E-state index < -0.39 is 0 Å². The fraction of sp³-hybridized carbons (Fsp3) is 0.400. The average Bonchev–Trinajstić information content (AvgIpc) is 2.62. The van der Waals surface area contributed by atoms with E-state index in [9.17, 15) is 0 Å². The first-order valence-electron chi connectivity index (χ1n) is 4.96. The number of nitrogens with two attached hydrogens (primary N) is 2. The second-order valence-electron chi connectivity index (χ2n) is 3.26. The maximum atomic E-state index is 5.25. The van der Waals surface area contributed by atoms with Crippen molar-refractivity contribution in [2.45, 2.75) is 13.3 Å². The Kier molecular flexibility index (Phi) is 4.38. The van der Waals surface area contributed by atoms with Gasteiger partial charge in [-0.15, -0.1) is 0 Å². The molecule has 0 saturated heterocycles. The Morgan fingerprint density at radius 1 is 1.50 bits per heavy atom. The van der Waals surface area contributed by atoms with Crippen LogP contribution in [-0.4, -0.2) is 25.5 Å². The highest BCUT2D eigenvalue weighted by Gasteiger charge is 2.01. The van der Waals surface area contributed by atoms with Crippen LogP contribution in [0.4, 0.5) is 0 Å². The molecule has 0 aliphatic heterocycles. The molecule has 6 heteroatoms. The van der Waals surface area contributed by atoms with E-state index in [1.165, 1.54) is 0 Å². The first-order valence-corrected chi connectivity index (χ1v) is 4.96. The van der Waals surface area contributed by atoms with Crippen LogP contribution in [-0.2, 0) is 6.42 Å². The van der Waals surface area contributed by atoms with Crippen LogP contribution in [0.25, 0.3) is 0 Å². The zero-order valence-corrected chi connectivity index (χ0v) is 9.53. The predicted octanol–water partition coefficient (Wildman–Crippen LogP) is -0.0207. The first-order chi connectivity index (χ1) is 7.63. The third kappa shape index (κ3) is 3.64. The molecule has 0 fully saturated rings. The van der Waals surface area contributed by atoms with Crippen molar-refractivity contribution in [2.75, 3.05) is 13.6 Å². The molecule has 0 atom stereocenters. The number of nitrogens with one attached hydrogen (secondary N) is 1. The Hall–Kier alpha value is -1.98. The number of nitrogens with zero attached hydrogens (tertiary/aromatic N) is 2. The average molecular weight is 223 g/mol. The summed E-state index contributed by atoms with van der Waals surface area (Å²) in [5, 5.41) is 3.03. The van der Waals surface area contributed by atoms with Crippen molar-refractivity contribution < 1.29 is 4.42 Å².